The molecule has 1 N–H and O–H groups in total. The Morgan fingerprint density at radius 1 is 1.11 bits per heavy atom. The van der Waals surface area contributed by atoms with Crippen LogP contribution in [0.5, 0.6) is 0 Å². The number of aliphatic carboxylic acids is 1. The smallest absolute Gasteiger partial charge is 0.384 e. The monoisotopic (exact) mass is 271 g/mol. The summed E-state index contributed by atoms with van der Waals surface area (Å²) < 4.78 is 5.06. The van der Waals surface area contributed by atoms with Crippen LogP contribution in [0, 0.1) is 13.1 Å². The van der Waals surface area contributed by atoms with Crippen molar-refractivity contribution in [2.24, 2.45) is 0 Å². The van der Waals surface area contributed by atoms with Gasteiger partial charge in [-0.15, -0.1) is 0 Å². The van der Waals surface area contributed by atoms with E-state index in [2.05, 4.69) is 9.69 Å². The molecule has 19 heavy (non-hydrogen) atoms. The lowest BCUT2D eigenvalue weighted by Gasteiger charge is -2.24. The highest BCUT2D eigenvalue weighted by Crippen LogP contribution is 1.96. The maximum Gasteiger partial charge on any atom is 0.384 e. The molecule has 1 aliphatic rings. The van der Waals surface area contributed by atoms with Crippen LogP contribution in [0.4, 0.5) is 0 Å². The Morgan fingerprint density at radius 3 is 1.89 bits per heavy atom. The molecule has 0 aromatic rings. The normalized spacial score (nSPS) is 12.2. The number of carboxylic acids is 1. The summed E-state index contributed by atoms with van der Waals surface area (Å²) in [6, 6.07) is 0. The van der Waals surface area contributed by atoms with Crippen LogP contribution in [-0.2, 0) is 14.3 Å². The molecule has 0 saturated carbocycles. The fourth-order valence-corrected chi connectivity index (χ4v) is 1.05. The number of amides is 1. The van der Waals surface area contributed by atoms with Crippen LogP contribution in [0.3, 0.4) is 0 Å². The van der Waals surface area contributed by atoms with E-state index in [9.17, 15) is 9.59 Å². The molecule has 0 aromatic heterocycles. The van der Waals surface area contributed by atoms with Crippen molar-refractivity contribution in [3.05, 3.63) is 22.8 Å². The van der Waals surface area contributed by atoms with E-state index >= 15 is 0 Å². The number of hydrogen-bond donors (Lipinski definition) is 1. The number of ether oxygens (including phenoxy) is 1. The molecule has 1 heterocycles. The maximum absolute atomic E-state index is 11.1. The third-order valence-electron chi connectivity index (χ3n) is 1.79. The zero-order valence-electron chi connectivity index (χ0n) is 9.26. The lowest BCUT2D eigenvalue weighted by molar-refractivity contribution is -0.135. The van der Waals surface area contributed by atoms with Gasteiger partial charge in [0.25, 0.3) is 6.54 Å². The standard InChI is InChI=1S/C7H10N2O2.C3H3NO2.2CH4/c1-8-6-7(10)9-2-4-11-5-3-9;1-4-2-3(5)6;;/h2-6H2;2H2,(H,5,6);2*1H4. The maximum atomic E-state index is 11.1. The summed E-state index contributed by atoms with van der Waals surface area (Å²) in [5.74, 6) is -1.15. The first kappa shape index (κ1) is 22.1. The van der Waals surface area contributed by atoms with Crippen molar-refractivity contribution in [2.75, 3.05) is 39.4 Å². The van der Waals surface area contributed by atoms with Crippen molar-refractivity contribution in [1.82, 2.24) is 4.90 Å². The fourth-order valence-electron chi connectivity index (χ4n) is 1.05. The second-order valence-electron chi connectivity index (χ2n) is 3.02. The van der Waals surface area contributed by atoms with Gasteiger partial charge >= 0.3 is 18.4 Å². The van der Waals surface area contributed by atoms with E-state index < -0.39 is 12.5 Å². The van der Waals surface area contributed by atoms with Crippen LogP contribution < -0.4 is 0 Å². The van der Waals surface area contributed by atoms with Crippen molar-refractivity contribution in [3.63, 3.8) is 0 Å². The van der Waals surface area contributed by atoms with Crippen LogP contribution in [0.25, 0.3) is 9.69 Å². The van der Waals surface area contributed by atoms with Gasteiger partial charge in [0.2, 0.25) is 0 Å². The van der Waals surface area contributed by atoms with Gasteiger partial charge in [-0.05, 0) is 0 Å². The Balaban J connectivity index is -0.000000282. The second-order valence-corrected chi connectivity index (χ2v) is 3.02. The zero-order chi connectivity index (χ0) is 13.1. The zero-order valence-corrected chi connectivity index (χ0v) is 9.26. The summed E-state index contributed by atoms with van der Waals surface area (Å²) in [6.45, 7) is 14.5. The summed E-state index contributed by atoms with van der Waals surface area (Å²) in [5.41, 5.74) is 0. The molecule has 1 amide bonds. The average Bonchev–Trinajstić information content (AvgIpc) is 2.31. The van der Waals surface area contributed by atoms with Gasteiger partial charge in [0, 0.05) is 13.1 Å². The molecule has 1 fully saturated rings. The topological polar surface area (TPSA) is 75.6 Å². The van der Waals surface area contributed by atoms with E-state index in [1.54, 1.807) is 4.90 Å². The van der Waals surface area contributed by atoms with Crippen molar-refractivity contribution >= 4 is 11.9 Å². The minimum absolute atomic E-state index is 0. The Labute approximate surface area is 114 Å². The Hall–Kier alpha value is -2.12. The molecule has 0 aliphatic carbocycles. The van der Waals surface area contributed by atoms with E-state index in [-0.39, 0.29) is 27.3 Å². The number of hydrogen-bond acceptors (Lipinski definition) is 3. The Morgan fingerprint density at radius 2 is 1.58 bits per heavy atom. The molecule has 1 aliphatic heterocycles. The SMILES string of the molecule is C.C.[C-]#[N+]CC(=O)N1CCOCC1.[C-]#[N+]CC(=O)O. The summed E-state index contributed by atoms with van der Waals surface area (Å²) in [5, 5.41) is 7.70. The Bertz CT molecular complexity index is 338. The predicted octanol–water partition coefficient (Wildman–Crippen LogP) is 1.03. The average molecular weight is 271 g/mol. The second kappa shape index (κ2) is 13.9. The number of carbonyl (C=O) groups is 2. The van der Waals surface area contributed by atoms with Crippen LogP contribution in [0.15, 0.2) is 0 Å². The third kappa shape index (κ3) is 12.1. The first-order valence-electron chi connectivity index (χ1n) is 4.85. The molecule has 7 nitrogen and oxygen atoms in total. The van der Waals surface area contributed by atoms with Gasteiger partial charge in [-0.2, -0.15) is 0 Å². The van der Waals surface area contributed by atoms with Gasteiger partial charge in [0.15, 0.2) is 0 Å². The lowest BCUT2D eigenvalue weighted by Crippen LogP contribution is -2.41. The third-order valence-corrected chi connectivity index (χ3v) is 1.79. The molecule has 0 unspecified atom stereocenters. The van der Waals surface area contributed by atoms with E-state index in [1.165, 1.54) is 0 Å². The van der Waals surface area contributed by atoms with Crippen molar-refractivity contribution in [3.8, 4) is 0 Å². The number of carboxylic acid groups (broad SMARTS) is 1. The number of morpholine rings is 1. The minimum Gasteiger partial charge on any atom is -0.476 e. The highest BCUT2D eigenvalue weighted by molar-refractivity contribution is 5.79. The highest BCUT2D eigenvalue weighted by atomic mass is 16.5. The summed E-state index contributed by atoms with van der Waals surface area (Å²) >= 11 is 0. The molecule has 108 valence electrons. The molecule has 1 saturated heterocycles. The molecule has 0 bridgehead atoms. The largest absolute Gasteiger partial charge is 0.476 e. The van der Waals surface area contributed by atoms with Gasteiger partial charge in [-0.25, -0.2) is 17.9 Å². The van der Waals surface area contributed by atoms with E-state index in [1.807, 2.05) is 0 Å². The predicted molar refractivity (Wildman–Crippen MR) is 71.4 cm³/mol. The number of carbonyl (C=O) groups excluding carboxylic acids is 1. The molecule has 1 rings (SSSR count). The molecule has 0 aromatic carbocycles. The molecule has 7 heteroatoms. The van der Waals surface area contributed by atoms with Gasteiger partial charge in [0.05, 0.1) is 13.2 Å². The van der Waals surface area contributed by atoms with Crippen LogP contribution in [-0.4, -0.2) is 61.3 Å². The van der Waals surface area contributed by atoms with E-state index in [4.69, 9.17) is 23.0 Å². The van der Waals surface area contributed by atoms with Gasteiger partial charge in [-0.1, -0.05) is 14.9 Å². The minimum atomic E-state index is -1.06. The summed E-state index contributed by atoms with van der Waals surface area (Å²) in [6.07, 6.45) is 0. The first-order chi connectivity index (χ1) is 8.11. The number of rotatable bonds is 2. The van der Waals surface area contributed by atoms with Crippen LogP contribution >= 0.6 is 0 Å². The van der Waals surface area contributed by atoms with Crippen molar-refractivity contribution < 1.29 is 19.4 Å². The molecule has 0 atom stereocenters. The van der Waals surface area contributed by atoms with Gasteiger partial charge < -0.3 is 24.4 Å². The molecular weight excluding hydrogens is 250 g/mol. The van der Waals surface area contributed by atoms with Crippen molar-refractivity contribution in [1.29, 1.82) is 0 Å². The van der Waals surface area contributed by atoms with Crippen LogP contribution in [0.1, 0.15) is 14.9 Å². The lowest BCUT2D eigenvalue weighted by atomic mass is 10.4. The van der Waals surface area contributed by atoms with E-state index in [0.29, 0.717) is 26.3 Å². The van der Waals surface area contributed by atoms with Gasteiger partial charge in [0.1, 0.15) is 0 Å². The molecular formula is C12H21N3O4. The van der Waals surface area contributed by atoms with Crippen molar-refractivity contribution in [2.45, 2.75) is 14.9 Å². The first-order valence-corrected chi connectivity index (χ1v) is 4.85. The van der Waals surface area contributed by atoms with E-state index in [0.717, 1.165) is 0 Å². The fraction of sp³-hybridized carbons (Fsp3) is 0.667. The van der Waals surface area contributed by atoms with Crippen LogP contribution in [0.2, 0.25) is 0 Å². The Kier molecular flexibility index (Phi) is 16.2. The highest BCUT2D eigenvalue weighted by Gasteiger charge is 2.17. The van der Waals surface area contributed by atoms with Gasteiger partial charge in [-0.3, -0.25) is 4.79 Å². The molecule has 0 spiro atoms. The summed E-state index contributed by atoms with van der Waals surface area (Å²) in [4.78, 5) is 27.7. The number of nitrogens with zero attached hydrogens (tertiary/aromatic N) is 3. The molecule has 0 radical (unpaired) electrons. The quantitative estimate of drug-likeness (QED) is 0.761. The summed E-state index contributed by atoms with van der Waals surface area (Å²) in [7, 11) is 0.